The van der Waals surface area contributed by atoms with Crippen molar-refractivity contribution in [2.75, 3.05) is 79.3 Å². The van der Waals surface area contributed by atoms with Gasteiger partial charge < -0.3 is 47.7 Å². The van der Waals surface area contributed by atoms with E-state index in [1.807, 2.05) is 30.3 Å². The Kier molecular flexibility index (Phi) is 33.4. The standard InChI is InChI=1S/C26H38O9.C19H32O9/c1-26(2,3)35-25(30)11-7-10-22(27)19-32-16-14-31-15-17-33-20-23(28)12-13-24(29)34-18-21-8-5-4-6-9-21;1-19(2,3)28-18(24)6-4-5-15(20)13-26-11-9-25-10-12-27-14-16(21)7-8-17(22)23/h4-6,8-9H,7,10-20H2,1-3H3;4-14H2,1-3H3,(H,22,23). The molecule has 0 heterocycles. The average Bonchev–Trinajstić information content (AvgIpc) is 3.19. The summed E-state index contributed by atoms with van der Waals surface area (Å²) in [5, 5.41) is 8.45. The zero-order valence-corrected chi connectivity index (χ0v) is 38.0. The van der Waals surface area contributed by atoms with Crippen molar-refractivity contribution in [1.29, 1.82) is 0 Å². The molecular formula is C45H70O18. The third kappa shape index (κ3) is 42.6. The maximum absolute atomic E-state index is 11.8. The molecule has 0 saturated carbocycles. The van der Waals surface area contributed by atoms with Crippen LogP contribution in [0.15, 0.2) is 30.3 Å². The normalized spacial score (nSPS) is 11.2. The van der Waals surface area contributed by atoms with Crippen LogP contribution in [0.2, 0.25) is 0 Å². The van der Waals surface area contributed by atoms with Gasteiger partial charge in [0.1, 0.15) is 44.2 Å². The number of ether oxygens (including phenoxy) is 9. The van der Waals surface area contributed by atoms with Gasteiger partial charge in [-0.3, -0.25) is 38.4 Å². The van der Waals surface area contributed by atoms with Gasteiger partial charge in [0.05, 0.1) is 65.7 Å². The summed E-state index contributed by atoms with van der Waals surface area (Å²) in [4.78, 5) is 91.5. The van der Waals surface area contributed by atoms with Crippen LogP contribution in [0.1, 0.15) is 111 Å². The summed E-state index contributed by atoms with van der Waals surface area (Å²) in [5.74, 6) is -2.70. The highest BCUT2D eigenvalue weighted by Gasteiger charge is 2.17. The highest BCUT2D eigenvalue weighted by Crippen LogP contribution is 2.11. The van der Waals surface area contributed by atoms with Gasteiger partial charge >= 0.3 is 23.9 Å². The zero-order chi connectivity index (χ0) is 47.4. The van der Waals surface area contributed by atoms with Crippen LogP contribution in [0.5, 0.6) is 0 Å². The fourth-order valence-electron chi connectivity index (χ4n) is 4.65. The van der Waals surface area contributed by atoms with E-state index in [9.17, 15) is 38.4 Å². The lowest BCUT2D eigenvalue weighted by atomic mass is 10.1. The van der Waals surface area contributed by atoms with E-state index in [-0.39, 0.29) is 172 Å². The van der Waals surface area contributed by atoms with Gasteiger partial charge in [-0.15, -0.1) is 0 Å². The number of hydrogen-bond donors (Lipinski definition) is 1. The molecule has 0 radical (unpaired) electrons. The van der Waals surface area contributed by atoms with Crippen molar-refractivity contribution in [2.24, 2.45) is 0 Å². The van der Waals surface area contributed by atoms with Crippen molar-refractivity contribution >= 4 is 47.0 Å². The molecule has 1 rings (SSSR count). The number of rotatable bonds is 36. The van der Waals surface area contributed by atoms with Gasteiger partial charge in [-0.25, -0.2) is 0 Å². The molecule has 0 bridgehead atoms. The smallest absolute Gasteiger partial charge is 0.306 e. The molecule has 0 aromatic heterocycles. The van der Waals surface area contributed by atoms with Gasteiger partial charge in [-0.2, -0.15) is 0 Å². The van der Waals surface area contributed by atoms with Crippen molar-refractivity contribution in [3.05, 3.63) is 35.9 Å². The predicted molar refractivity (Wildman–Crippen MR) is 227 cm³/mol. The molecule has 1 aromatic rings. The summed E-state index contributed by atoms with van der Waals surface area (Å²) >= 11 is 0. The Hall–Kier alpha value is -4.46. The van der Waals surface area contributed by atoms with Crippen LogP contribution in [-0.4, -0.2) is 143 Å². The lowest BCUT2D eigenvalue weighted by Gasteiger charge is -2.19. The number of carboxylic acid groups (broad SMARTS) is 1. The van der Waals surface area contributed by atoms with Crippen molar-refractivity contribution < 1.29 is 86.1 Å². The molecule has 0 atom stereocenters. The summed E-state index contributed by atoms with van der Waals surface area (Å²) < 4.78 is 46.8. The molecule has 18 heteroatoms. The number of esters is 3. The summed E-state index contributed by atoms with van der Waals surface area (Å²) in [6.45, 7) is 12.7. The zero-order valence-electron chi connectivity index (χ0n) is 38.0. The third-order valence-electron chi connectivity index (χ3n) is 7.52. The number of hydrogen-bond acceptors (Lipinski definition) is 17. The molecule has 0 fully saturated rings. The minimum atomic E-state index is -1.02. The first-order valence-corrected chi connectivity index (χ1v) is 21.1. The van der Waals surface area contributed by atoms with Crippen LogP contribution in [0.4, 0.5) is 0 Å². The number of ketones is 4. The van der Waals surface area contributed by atoms with Crippen LogP contribution in [0.3, 0.4) is 0 Å². The third-order valence-corrected chi connectivity index (χ3v) is 7.52. The first-order valence-electron chi connectivity index (χ1n) is 21.1. The molecule has 18 nitrogen and oxygen atoms in total. The van der Waals surface area contributed by atoms with Gasteiger partial charge in [0, 0.05) is 38.5 Å². The SMILES string of the molecule is CC(C)(C)OC(=O)CCCC(=O)COCCOCCOCC(=O)CCC(=O)O.CC(C)(C)OC(=O)CCCC(=O)COCCOCCOCC(=O)CCC(=O)OCc1ccccc1. The summed E-state index contributed by atoms with van der Waals surface area (Å²) in [6.07, 6.45) is 1.60. The van der Waals surface area contributed by atoms with Crippen molar-refractivity contribution in [1.82, 2.24) is 0 Å². The van der Waals surface area contributed by atoms with Gasteiger partial charge in [-0.05, 0) is 59.9 Å². The fraction of sp³-hybridized carbons (Fsp3) is 0.689. The molecule has 0 unspecified atom stereocenters. The molecule has 0 aliphatic heterocycles. The Morgan fingerprint density at radius 2 is 0.778 bits per heavy atom. The van der Waals surface area contributed by atoms with Gasteiger partial charge in [-0.1, -0.05) is 30.3 Å². The number of carbonyl (C=O) groups is 8. The highest BCUT2D eigenvalue weighted by molar-refractivity contribution is 5.84. The van der Waals surface area contributed by atoms with E-state index in [1.54, 1.807) is 41.5 Å². The summed E-state index contributed by atoms with van der Waals surface area (Å²) in [7, 11) is 0. The second-order valence-electron chi connectivity index (χ2n) is 16.0. The molecule has 1 aromatic carbocycles. The van der Waals surface area contributed by atoms with E-state index in [0.29, 0.717) is 12.8 Å². The molecular weight excluding hydrogens is 828 g/mol. The number of aliphatic carboxylic acids is 1. The number of carbonyl (C=O) groups excluding carboxylic acids is 7. The topological polar surface area (TPSA) is 240 Å². The maximum Gasteiger partial charge on any atom is 0.306 e. The van der Waals surface area contributed by atoms with E-state index >= 15 is 0 Å². The number of benzene rings is 1. The Labute approximate surface area is 371 Å². The predicted octanol–water partition coefficient (Wildman–Crippen LogP) is 4.76. The Morgan fingerprint density at radius 3 is 1.14 bits per heavy atom. The quantitative estimate of drug-likeness (QED) is 0.0542. The molecule has 0 amide bonds. The van der Waals surface area contributed by atoms with Gasteiger partial charge in [0.2, 0.25) is 0 Å². The first kappa shape index (κ1) is 58.5. The highest BCUT2D eigenvalue weighted by atomic mass is 16.6. The van der Waals surface area contributed by atoms with Crippen LogP contribution in [0.25, 0.3) is 0 Å². The first-order chi connectivity index (χ1) is 29.8. The molecule has 358 valence electrons. The lowest BCUT2D eigenvalue weighted by Crippen LogP contribution is -2.23. The Morgan fingerprint density at radius 1 is 0.429 bits per heavy atom. The van der Waals surface area contributed by atoms with Crippen LogP contribution < -0.4 is 0 Å². The summed E-state index contributed by atoms with van der Waals surface area (Å²) in [5.41, 5.74) is -0.156. The Bertz CT molecular complexity index is 1480. The molecule has 0 aliphatic carbocycles. The lowest BCUT2D eigenvalue weighted by molar-refractivity contribution is -0.156. The minimum absolute atomic E-state index is 0.0165. The van der Waals surface area contributed by atoms with Crippen LogP contribution in [0, 0.1) is 0 Å². The van der Waals surface area contributed by atoms with E-state index < -0.39 is 23.1 Å². The van der Waals surface area contributed by atoms with Crippen LogP contribution >= 0.6 is 0 Å². The van der Waals surface area contributed by atoms with E-state index in [0.717, 1.165) is 5.56 Å². The van der Waals surface area contributed by atoms with Crippen molar-refractivity contribution in [2.45, 2.75) is 124 Å². The monoisotopic (exact) mass is 898 g/mol. The average molecular weight is 899 g/mol. The van der Waals surface area contributed by atoms with Crippen LogP contribution in [-0.2, 0) is 87.6 Å². The number of carboxylic acids is 1. The van der Waals surface area contributed by atoms with Crippen molar-refractivity contribution in [3.8, 4) is 0 Å². The molecule has 1 N–H and O–H groups in total. The number of Topliss-reactive ketones (excluding diaryl/α,β-unsaturated/α-hetero) is 4. The van der Waals surface area contributed by atoms with E-state index in [1.165, 1.54) is 0 Å². The van der Waals surface area contributed by atoms with E-state index in [4.69, 9.17) is 47.7 Å². The minimum Gasteiger partial charge on any atom is -0.481 e. The van der Waals surface area contributed by atoms with E-state index in [2.05, 4.69) is 0 Å². The second-order valence-corrected chi connectivity index (χ2v) is 16.0. The molecule has 0 aliphatic rings. The van der Waals surface area contributed by atoms with Gasteiger partial charge in [0.15, 0.2) is 23.1 Å². The largest absolute Gasteiger partial charge is 0.481 e. The van der Waals surface area contributed by atoms with Gasteiger partial charge in [0.25, 0.3) is 0 Å². The molecule has 0 saturated heterocycles. The fourth-order valence-corrected chi connectivity index (χ4v) is 4.65. The second kappa shape index (κ2) is 35.9. The molecule has 0 spiro atoms. The summed E-state index contributed by atoms with van der Waals surface area (Å²) in [6, 6.07) is 9.32. The molecule has 63 heavy (non-hydrogen) atoms. The maximum atomic E-state index is 11.8. The Balaban J connectivity index is 0.00000125. The van der Waals surface area contributed by atoms with Crippen molar-refractivity contribution in [3.63, 3.8) is 0 Å².